The maximum atomic E-state index is 5.20. The van der Waals surface area contributed by atoms with E-state index in [1.807, 2.05) is 0 Å². The number of hydrogen-bond acceptors (Lipinski definition) is 2. The fraction of sp³-hybridized carbons (Fsp3) is 0.818. The van der Waals surface area contributed by atoms with E-state index in [1.54, 1.807) is 0 Å². The van der Waals surface area contributed by atoms with Gasteiger partial charge in [-0.25, -0.2) is 0 Å². The monoisotopic (exact) mass is 178 g/mol. The normalized spacial score (nSPS) is 29.0. The second-order valence-electron chi connectivity index (χ2n) is 4.12. The number of hydrogen-bond donors (Lipinski definition) is 1. The SMILES string of the molecule is C#CCCNC1CCN(C2CC2)C1. The molecular weight excluding hydrogens is 160 g/mol. The Labute approximate surface area is 80.7 Å². The van der Waals surface area contributed by atoms with Gasteiger partial charge in [0.05, 0.1) is 0 Å². The molecule has 1 N–H and O–H groups in total. The highest BCUT2D eigenvalue weighted by Gasteiger charge is 2.33. The summed E-state index contributed by atoms with van der Waals surface area (Å²) < 4.78 is 0. The van der Waals surface area contributed by atoms with Crippen LogP contribution in [0.5, 0.6) is 0 Å². The van der Waals surface area contributed by atoms with E-state index < -0.39 is 0 Å². The first-order valence-corrected chi connectivity index (χ1v) is 5.31. The Kier molecular flexibility index (Phi) is 2.87. The molecule has 13 heavy (non-hydrogen) atoms. The van der Waals surface area contributed by atoms with Crippen molar-refractivity contribution in [3.05, 3.63) is 0 Å². The number of nitrogens with zero attached hydrogens (tertiary/aromatic N) is 1. The van der Waals surface area contributed by atoms with E-state index >= 15 is 0 Å². The smallest absolute Gasteiger partial charge is 0.0212 e. The quantitative estimate of drug-likeness (QED) is 0.507. The number of rotatable bonds is 4. The van der Waals surface area contributed by atoms with Gasteiger partial charge in [0.15, 0.2) is 0 Å². The van der Waals surface area contributed by atoms with Gasteiger partial charge in [-0.3, -0.25) is 4.90 Å². The van der Waals surface area contributed by atoms with Crippen LogP contribution in [0.2, 0.25) is 0 Å². The first kappa shape index (κ1) is 9.05. The van der Waals surface area contributed by atoms with Crippen LogP contribution in [0, 0.1) is 12.3 Å². The summed E-state index contributed by atoms with van der Waals surface area (Å²) in [6, 6.07) is 1.63. The summed E-state index contributed by atoms with van der Waals surface area (Å²) in [6.45, 7) is 3.52. The Balaban J connectivity index is 1.63. The molecule has 0 aromatic carbocycles. The fourth-order valence-electron chi connectivity index (χ4n) is 2.07. The molecule has 2 nitrogen and oxygen atoms in total. The van der Waals surface area contributed by atoms with Crippen LogP contribution in [0.25, 0.3) is 0 Å². The summed E-state index contributed by atoms with van der Waals surface area (Å²) in [5.41, 5.74) is 0. The van der Waals surface area contributed by atoms with Crippen LogP contribution in [0.4, 0.5) is 0 Å². The summed E-state index contributed by atoms with van der Waals surface area (Å²) in [6.07, 6.45) is 10.2. The van der Waals surface area contributed by atoms with Crippen molar-refractivity contribution in [2.45, 2.75) is 37.8 Å². The zero-order valence-corrected chi connectivity index (χ0v) is 8.13. The molecule has 1 unspecified atom stereocenters. The molecule has 2 fully saturated rings. The molecule has 1 aliphatic carbocycles. The lowest BCUT2D eigenvalue weighted by molar-refractivity contribution is 0.318. The second kappa shape index (κ2) is 4.13. The van der Waals surface area contributed by atoms with Crippen LogP contribution in [0.3, 0.4) is 0 Å². The molecule has 1 saturated heterocycles. The van der Waals surface area contributed by atoms with Gasteiger partial charge in [0.2, 0.25) is 0 Å². The maximum absolute atomic E-state index is 5.20. The van der Waals surface area contributed by atoms with Crippen molar-refractivity contribution in [2.75, 3.05) is 19.6 Å². The molecule has 0 aromatic rings. The Morgan fingerprint density at radius 1 is 1.38 bits per heavy atom. The summed E-state index contributed by atoms with van der Waals surface area (Å²) in [5.74, 6) is 2.66. The van der Waals surface area contributed by atoms with Crippen LogP contribution >= 0.6 is 0 Å². The minimum absolute atomic E-state index is 0.703. The average molecular weight is 178 g/mol. The van der Waals surface area contributed by atoms with Crippen molar-refractivity contribution in [1.29, 1.82) is 0 Å². The molecule has 1 aliphatic heterocycles. The van der Waals surface area contributed by atoms with E-state index in [9.17, 15) is 0 Å². The van der Waals surface area contributed by atoms with E-state index in [4.69, 9.17) is 6.42 Å². The number of terminal acetylenes is 1. The lowest BCUT2D eigenvalue weighted by atomic mass is 10.2. The van der Waals surface area contributed by atoms with E-state index in [0.717, 1.165) is 19.0 Å². The second-order valence-corrected chi connectivity index (χ2v) is 4.12. The number of likely N-dealkylation sites (tertiary alicyclic amines) is 1. The molecule has 0 amide bonds. The molecule has 1 saturated carbocycles. The summed E-state index contributed by atoms with van der Waals surface area (Å²) >= 11 is 0. The molecule has 2 aliphatic rings. The van der Waals surface area contributed by atoms with Crippen LogP contribution in [0.15, 0.2) is 0 Å². The van der Waals surface area contributed by atoms with Gasteiger partial charge < -0.3 is 5.32 Å². The predicted molar refractivity (Wildman–Crippen MR) is 54.5 cm³/mol. The first-order valence-electron chi connectivity index (χ1n) is 5.31. The Hall–Kier alpha value is -0.520. The van der Waals surface area contributed by atoms with Gasteiger partial charge in [-0.2, -0.15) is 0 Å². The molecule has 2 heteroatoms. The van der Waals surface area contributed by atoms with Crippen LogP contribution in [-0.4, -0.2) is 36.6 Å². The van der Waals surface area contributed by atoms with Gasteiger partial charge in [-0.15, -0.1) is 12.3 Å². The van der Waals surface area contributed by atoms with Crippen LogP contribution in [-0.2, 0) is 0 Å². The molecule has 0 radical (unpaired) electrons. The minimum atomic E-state index is 0.703. The van der Waals surface area contributed by atoms with Gasteiger partial charge in [-0.1, -0.05) is 0 Å². The third kappa shape index (κ3) is 2.46. The standard InChI is InChI=1S/C11H18N2/c1-2-3-7-12-10-6-8-13(9-10)11-4-5-11/h1,10-12H,3-9H2. The first-order chi connectivity index (χ1) is 6.40. The van der Waals surface area contributed by atoms with Crippen molar-refractivity contribution in [3.8, 4) is 12.3 Å². The molecule has 2 rings (SSSR count). The molecular formula is C11H18N2. The molecule has 72 valence electrons. The summed E-state index contributed by atoms with van der Waals surface area (Å²) in [5, 5.41) is 3.51. The van der Waals surface area contributed by atoms with Crippen molar-refractivity contribution in [2.24, 2.45) is 0 Å². The predicted octanol–water partition coefficient (Wildman–Crippen LogP) is 0.836. The zero-order chi connectivity index (χ0) is 9.10. The van der Waals surface area contributed by atoms with Gasteiger partial charge in [0.25, 0.3) is 0 Å². The highest BCUT2D eigenvalue weighted by atomic mass is 15.2. The largest absolute Gasteiger partial charge is 0.312 e. The van der Waals surface area contributed by atoms with Crippen molar-refractivity contribution >= 4 is 0 Å². The lowest BCUT2D eigenvalue weighted by Gasteiger charge is -2.15. The van der Waals surface area contributed by atoms with Gasteiger partial charge in [0, 0.05) is 38.1 Å². The van der Waals surface area contributed by atoms with Crippen LogP contribution in [0.1, 0.15) is 25.7 Å². The molecule has 0 aromatic heterocycles. The third-order valence-electron chi connectivity index (χ3n) is 2.99. The van der Waals surface area contributed by atoms with E-state index in [0.29, 0.717) is 6.04 Å². The van der Waals surface area contributed by atoms with Crippen molar-refractivity contribution < 1.29 is 0 Å². The van der Waals surface area contributed by atoms with Gasteiger partial charge >= 0.3 is 0 Å². The van der Waals surface area contributed by atoms with Gasteiger partial charge in [0.1, 0.15) is 0 Å². The molecule has 0 spiro atoms. The highest BCUT2D eigenvalue weighted by molar-refractivity contribution is 4.92. The van der Waals surface area contributed by atoms with Crippen molar-refractivity contribution in [3.63, 3.8) is 0 Å². The molecule has 1 heterocycles. The Morgan fingerprint density at radius 3 is 2.92 bits per heavy atom. The zero-order valence-electron chi connectivity index (χ0n) is 8.13. The van der Waals surface area contributed by atoms with Crippen LogP contribution < -0.4 is 5.32 Å². The lowest BCUT2D eigenvalue weighted by Crippen LogP contribution is -2.33. The van der Waals surface area contributed by atoms with E-state index in [-0.39, 0.29) is 0 Å². The Bertz CT molecular complexity index is 203. The summed E-state index contributed by atoms with van der Waals surface area (Å²) in [7, 11) is 0. The maximum Gasteiger partial charge on any atom is 0.0212 e. The fourth-order valence-corrected chi connectivity index (χ4v) is 2.07. The minimum Gasteiger partial charge on any atom is -0.312 e. The summed E-state index contributed by atoms with van der Waals surface area (Å²) in [4.78, 5) is 2.62. The van der Waals surface area contributed by atoms with E-state index in [2.05, 4.69) is 16.1 Å². The number of nitrogens with one attached hydrogen (secondary N) is 1. The van der Waals surface area contributed by atoms with E-state index in [1.165, 1.54) is 32.4 Å². The molecule has 1 atom stereocenters. The Morgan fingerprint density at radius 2 is 2.23 bits per heavy atom. The third-order valence-corrected chi connectivity index (χ3v) is 2.99. The average Bonchev–Trinajstić information content (AvgIpc) is 2.88. The highest BCUT2D eigenvalue weighted by Crippen LogP contribution is 2.29. The molecule has 0 bridgehead atoms. The van der Waals surface area contributed by atoms with Crippen molar-refractivity contribution in [1.82, 2.24) is 10.2 Å². The van der Waals surface area contributed by atoms with Gasteiger partial charge in [-0.05, 0) is 19.3 Å². The topological polar surface area (TPSA) is 15.3 Å².